The van der Waals surface area contributed by atoms with Crippen molar-refractivity contribution in [2.24, 2.45) is 0 Å². The molecule has 0 radical (unpaired) electrons. The molecule has 1 fully saturated rings. The molecule has 3 aromatic rings. The van der Waals surface area contributed by atoms with Crippen molar-refractivity contribution in [2.45, 2.75) is 26.2 Å². The van der Waals surface area contributed by atoms with E-state index in [9.17, 15) is 14.7 Å². The quantitative estimate of drug-likeness (QED) is 0.643. The summed E-state index contributed by atoms with van der Waals surface area (Å²) in [7, 11) is 0. The average molecular weight is 388 g/mol. The molecule has 2 N–H and O–H groups in total. The highest BCUT2D eigenvalue weighted by Crippen LogP contribution is 2.32. The van der Waals surface area contributed by atoms with E-state index in [1.54, 1.807) is 18.2 Å². The molecule has 0 aromatic heterocycles. The monoisotopic (exact) mass is 388 g/mol. The van der Waals surface area contributed by atoms with Crippen molar-refractivity contribution in [3.63, 3.8) is 0 Å². The molecule has 5 nitrogen and oxygen atoms in total. The molecule has 4 rings (SSSR count). The lowest BCUT2D eigenvalue weighted by atomic mass is 9.97. The van der Waals surface area contributed by atoms with Crippen molar-refractivity contribution in [3.05, 3.63) is 71.3 Å². The maximum absolute atomic E-state index is 13.2. The number of aromatic carboxylic acids is 1. The van der Waals surface area contributed by atoms with Crippen LogP contribution in [0.5, 0.6) is 0 Å². The Bertz CT molecular complexity index is 1080. The largest absolute Gasteiger partial charge is 0.478 e. The first-order valence-electron chi connectivity index (χ1n) is 9.96. The van der Waals surface area contributed by atoms with Gasteiger partial charge in [0.05, 0.1) is 5.56 Å². The summed E-state index contributed by atoms with van der Waals surface area (Å²) < 4.78 is 0. The van der Waals surface area contributed by atoms with Gasteiger partial charge in [0, 0.05) is 35.4 Å². The second-order valence-electron chi connectivity index (χ2n) is 7.52. The molecule has 0 spiro atoms. The third-order valence-corrected chi connectivity index (χ3v) is 5.51. The van der Waals surface area contributed by atoms with Crippen LogP contribution in [0.2, 0.25) is 0 Å². The number of anilines is 2. The average Bonchev–Trinajstić information content (AvgIpc) is 2.74. The van der Waals surface area contributed by atoms with Gasteiger partial charge in [-0.05, 0) is 67.5 Å². The molecule has 1 amide bonds. The van der Waals surface area contributed by atoms with E-state index in [4.69, 9.17) is 0 Å². The van der Waals surface area contributed by atoms with Crippen molar-refractivity contribution >= 4 is 34.0 Å². The number of hydrogen-bond donors (Lipinski definition) is 2. The Morgan fingerprint density at radius 3 is 2.48 bits per heavy atom. The van der Waals surface area contributed by atoms with Crippen LogP contribution < -0.4 is 5.32 Å². The molecule has 1 aliphatic heterocycles. The molecule has 3 aromatic carbocycles. The first-order chi connectivity index (χ1) is 14.0. The second-order valence-corrected chi connectivity index (χ2v) is 7.52. The molecule has 29 heavy (non-hydrogen) atoms. The van der Waals surface area contributed by atoms with Gasteiger partial charge in [0.1, 0.15) is 0 Å². The Hall–Kier alpha value is -3.34. The molecule has 1 saturated heterocycles. The molecule has 0 saturated carbocycles. The van der Waals surface area contributed by atoms with Crippen LogP contribution >= 0.6 is 0 Å². The number of carboxylic acids is 1. The van der Waals surface area contributed by atoms with Gasteiger partial charge < -0.3 is 15.3 Å². The number of nitrogens with one attached hydrogen (secondary N) is 1. The predicted octanol–water partition coefficient (Wildman–Crippen LogP) is 5.22. The summed E-state index contributed by atoms with van der Waals surface area (Å²) in [5.74, 6) is -0.875. The van der Waals surface area contributed by atoms with Crippen LogP contribution in [0.4, 0.5) is 11.4 Å². The Balaban J connectivity index is 1.75. The van der Waals surface area contributed by atoms with Gasteiger partial charge in [-0.1, -0.05) is 24.3 Å². The summed E-state index contributed by atoms with van der Waals surface area (Å²) >= 11 is 0. The zero-order valence-electron chi connectivity index (χ0n) is 16.4. The standard InChI is InChI=1S/C24H24N2O3/c1-16-7-5-10-19-21(25-18-9-6-8-17(15-18)24(28)29)12-11-20(22(16)19)23(27)26-13-3-2-4-14-26/h5-12,15,25H,2-4,13-14H2,1H3,(H,28,29). The summed E-state index contributed by atoms with van der Waals surface area (Å²) in [6.07, 6.45) is 3.30. The fourth-order valence-corrected chi connectivity index (χ4v) is 4.03. The number of fused-ring (bicyclic) bond motifs is 1. The minimum absolute atomic E-state index is 0.0865. The van der Waals surface area contributed by atoms with E-state index in [0.29, 0.717) is 5.69 Å². The summed E-state index contributed by atoms with van der Waals surface area (Å²) in [5.41, 5.74) is 3.55. The molecule has 0 unspecified atom stereocenters. The lowest BCUT2D eigenvalue weighted by Crippen LogP contribution is -2.35. The number of rotatable bonds is 4. The van der Waals surface area contributed by atoms with E-state index in [-0.39, 0.29) is 11.5 Å². The van der Waals surface area contributed by atoms with E-state index >= 15 is 0 Å². The van der Waals surface area contributed by atoms with Crippen LogP contribution in [0.25, 0.3) is 10.8 Å². The smallest absolute Gasteiger partial charge is 0.335 e. The van der Waals surface area contributed by atoms with Crippen molar-refractivity contribution in [2.75, 3.05) is 18.4 Å². The van der Waals surface area contributed by atoms with Gasteiger partial charge in [0.15, 0.2) is 0 Å². The number of nitrogens with zero attached hydrogens (tertiary/aromatic N) is 1. The zero-order valence-corrected chi connectivity index (χ0v) is 16.4. The Morgan fingerprint density at radius 1 is 0.966 bits per heavy atom. The van der Waals surface area contributed by atoms with Gasteiger partial charge in [0.25, 0.3) is 5.91 Å². The zero-order chi connectivity index (χ0) is 20.4. The summed E-state index contributed by atoms with van der Waals surface area (Å²) in [4.78, 5) is 26.4. The molecule has 0 atom stereocenters. The molecular weight excluding hydrogens is 364 g/mol. The Labute approximate surface area is 170 Å². The van der Waals surface area contributed by atoms with Crippen molar-refractivity contribution in [3.8, 4) is 0 Å². The van der Waals surface area contributed by atoms with Crippen molar-refractivity contribution in [1.82, 2.24) is 4.90 Å². The second kappa shape index (κ2) is 7.95. The molecule has 5 heteroatoms. The SMILES string of the molecule is Cc1cccc2c(Nc3cccc(C(=O)O)c3)ccc(C(=O)N3CCCCC3)c12. The molecule has 148 valence electrons. The summed E-state index contributed by atoms with van der Waals surface area (Å²) in [6, 6.07) is 16.5. The van der Waals surface area contributed by atoms with E-state index in [1.807, 2.05) is 48.2 Å². The number of benzene rings is 3. The van der Waals surface area contributed by atoms with Gasteiger partial charge in [-0.15, -0.1) is 0 Å². The van der Waals surface area contributed by atoms with E-state index in [1.165, 1.54) is 6.42 Å². The Morgan fingerprint density at radius 2 is 1.72 bits per heavy atom. The minimum atomic E-state index is -0.961. The molecule has 1 heterocycles. The molecule has 0 aliphatic carbocycles. The number of carboxylic acid groups (broad SMARTS) is 1. The van der Waals surface area contributed by atoms with Gasteiger partial charge in [-0.25, -0.2) is 4.79 Å². The van der Waals surface area contributed by atoms with Crippen molar-refractivity contribution < 1.29 is 14.7 Å². The summed E-state index contributed by atoms with van der Waals surface area (Å²) in [6.45, 7) is 3.65. The van der Waals surface area contributed by atoms with E-state index < -0.39 is 5.97 Å². The normalized spacial score (nSPS) is 14.0. The lowest BCUT2D eigenvalue weighted by Gasteiger charge is -2.27. The van der Waals surface area contributed by atoms with Crippen LogP contribution in [-0.2, 0) is 0 Å². The Kier molecular flexibility index (Phi) is 5.21. The number of piperidine rings is 1. The summed E-state index contributed by atoms with van der Waals surface area (Å²) in [5, 5.41) is 14.5. The maximum atomic E-state index is 13.2. The maximum Gasteiger partial charge on any atom is 0.335 e. The fourth-order valence-electron chi connectivity index (χ4n) is 4.03. The highest BCUT2D eigenvalue weighted by Gasteiger charge is 2.21. The van der Waals surface area contributed by atoms with E-state index in [2.05, 4.69) is 5.32 Å². The molecular formula is C24H24N2O3. The number of carbonyl (C=O) groups excluding carboxylic acids is 1. The van der Waals surface area contributed by atoms with Gasteiger partial charge in [-0.3, -0.25) is 4.79 Å². The minimum Gasteiger partial charge on any atom is -0.478 e. The molecule has 0 bridgehead atoms. The van der Waals surface area contributed by atoms with Crippen molar-refractivity contribution in [1.29, 1.82) is 0 Å². The topological polar surface area (TPSA) is 69.6 Å². The van der Waals surface area contributed by atoms with Crippen LogP contribution in [0.15, 0.2) is 54.6 Å². The van der Waals surface area contributed by atoms with Gasteiger partial charge >= 0.3 is 5.97 Å². The van der Waals surface area contributed by atoms with Crippen LogP contribution in [0, 0.1) is 6.92 Å². The lowest BCUT2D eigenvalue weighted by molar-refractivity contribution is 0.0694. The number of aryl methyl sites for hydroxylation is 1. The van der Waals surface area contributed by atoms with E-state index in [0.717, 1.165) is 53.5 Å². The van der Waals surface area contributed by atoms with Crippen LogP contribution in [-0.4, -0.2) is 35.0 Å². The third-order valence-electron chi connectivity index (χ3n) is 5.51. The molecule has 1 aliphatic rings. The number of amides is 1. The fraction of sp³-hybridized carbons (Fsp3) is 0.250. The third kappa shape index (κ3) is 3.81. The number of hydrogen-bond acceptors (Lipinski definition) is 3. The van der Waals surface area contributed by atoms with Crippen LogP contribution in [0.1, 0.15) is 45.5 Å². The number of carbonyl (C=O) groups is 2. The number of likely N-dealkylation sites (tertiary alicyclic amines) is 1. The highest BCUT2D eigenvalue weighted by molar-refractivity contribution is 6.12. The van der Waals surface area contributed by atoms with Gasteiger partial charge in [0.2, 0.25) is 0 Å². The predicted molar refractivity (Wildman–Crippen MR) is 115 cm³/mol. The first-order valence-corrected chi connectivity index (χ1v) is 9.96. The first kappa shape index (κ1) is 19.0. The van der Waals surface area contributed by atoms with Crippen LogP contribution in [0.3, 0.4) is 0 Å². The highest BCUT2D eigenvalue weighted by atomic mass is 16.4. The van der Waals surface area contributed by atoms with Gasteiger partial charge in [-0.2, -0.15) is 0 Å².